The minimum atomic E-state index is -1.11. The number of hydrogen-bond acceptors (Lipinski definition) is 4. The van der Waals surface area contributed by atoms with Crippen LogP contribution in [0.5, 0.6) is 6.01 Å². The van der Waals surface area contributed by atoms with Crippen LogP contribution in [0.3, 0.4) is 0 Å². The third kappa shape index (κ3) is 3.94. The van der Waals surface area contributed by atoms with Crippen molar-refractivity contribution in [2.24, 2.45) is 0 Å². The predicted octanol–water partition coefficient (Wildman–Crippen LogP) is 2.65. The highest BCUT2D eigenvalue weighted by Gasteiger charge is 2.21. The molecule has 1 atom stereocenters. The third-order valence-corrected chi connectivity index (χ3v) is 4.12. The number of carboxylic acid groups (broad SMARTS) is 1. The number of aromatic nitrogens is 2. The standard InChI is InChI=1S/C18H16ClN3O4/c1-26-18-21-13-7-4-11(9-14(13)22-18)16(23)20-15(17(24)25)8-10-2-5-12(19)6-3-10/h2-7,9,15H,8H2,1H3,(H,20,23)(H,21,22)(H,24,25)/t15-/m0/s1. The highest BCUT2D eigenvalue weighted by Crippen LogP contribution is 2.17. The van der Waals surface area contributed by atoms with E-state index in [4.69, 9.17) is 16.3 Å². The topological polar surface area (TPSA) is 104 Å². The number of aliphatic carboxylic acids is 1. The number of fused-ring (bicyclic) bond motifs is 1. The molecule has 3 aromatic rings. The Morgan fingerprint density at radius 2 is 2.00 bits per heavy atom. The first-order chi connectivity index (χ1) is 12.5. The summed E-state index contributed by atoms with van der Waals surface area (Å²) in [5.74, 6) is -1.60. The number of H-pyrrole nitrogens is 1. The van der Waals surface area contributed by atoms with Crippen LogP contribution in [0, 0.1) is 0 Å². The Morgan fingerprint density at radius 1 is 1.27 bits per heavy atom. The van der Waals surface area contributed by atoms with Gasteiger partial charge < -0.3 is 20.1 Å². The summed E-state index contributed by atoms with van der Waals surface area (Å²) >= 11 is 5.83. The number of nitrogens with zero attached hydrogens (tertiary/aromatic N) is 1. The minimum absolute atomic E-state index is 0.151. The van der Waals surface area contributed by atoms with Crippen LogP contribution in [0.15, 0.2) is 42.5 Å². The lowest BCUT2D eigenvalue weighted by atomic mass is 10.1. The van der Waals surface area contributed by atoms with Gasteiger partial charge in [-0.2, -0.15) is 4.98 Å². The van der Waals surface area contributed by atoms with Gasteiger partial charge in [-0.25, -0.2) is 4.79 Å². The lowest BCUT2D eigenvalue weighted by Gasteiger charge is -2.15. The molecule has 2 aromatic carbocycles. The van der Waals surface area contributed by atoms with Gasteiger partial charge in [-0.1, -0.05) is 23.7 Å². The Kier molecular flexibility index (Phi) is 5.09. The molecule has 3 rings (SSSR count). The van der Waals surface area contributed by atoms with E-state index in [1.807, 2.05) is 0 Å². The normalized spacial score (nSPS) is 11.9. The molecule has 134 valence electrons. The van der Waals surface area contributed by atoms with E-state index in [0.717, 1.165) is 5.56 Å². The molecule has 0 unspecified atom stereocenters. The van der Waals surface area contributed by atoms with E-state index >= 15 is 0 Å². The van der Waals surface area contributed by atoms with Gasteiger partial charge in [0.05, 0.1) is 18.1 Å². The number of carbonyl (C=O) groups excluding carboxylic acids is 1. The number of rotatable bonds is 6. The van der Waals surface area contributed by atoms with Gasteiger partial charge >= 0.3 is 5.97 Å². The number of benzene rings is 2. The van der Waals surface area contributed by atoms with E-state index in [2.05, 4.69) is 15.3 Å². The Hall–Kier alpha value is -3.06. The average Bonchev–Trinajstić information content (AvgIpc) is 3.05. The van der Waals surface area contributed by atoms with Gasteiger partial charge in [-0.15, -0.1) is 0 Å². The molecule has 0 aliphatic carbocycles. The molecule has 1 heterocycles. The summed E-state index contributed by atoms with van der Waals surface area (Å²) in [4.78, 5) is 31.1. The Bertz CT molecular complexity index is 953. The first kappa shape index (κ1) is 17.8. The molecule has 0 radical (unpaired) electrons. The first-order valence-corrected chi connectivity index (χ1v) is 8.16. The van der Waals surface area contributed by atoms with E-state index < -0.39 is 17.9 Å². The molecule has 0 bridgehead atoms. The molecule has 0 aliphatic rings. The maximum atomic E-state index is 12.5. The minimum Gasteiger partial charge on any atom is -0.480 e. The second-order valence-electron chi connectivity index (χ2n) is 5.67. The van der Waals surface area contributed by atoms with Crippen molar-refractivity contribution in [3.05, 3.63) is 58.6 Å². The molecule has 0 saturated heterocycles. The number of amides is 1. The van der Waals surface area contributed by atoms with Crippen LogP contribution in [0.1, 0.15) is 15.9 Å². The summed E-state index contributed by atoms with van der Waals surface area (Å²) in [5, 5.41) is 12.5. The summed E-state index contributed by atoms with van der Waals surface area (Å²) in [6.07, 6.45) is 0.151. The van der Waals surface area contributed by atoms with E-state index in [1.54, 1.807) is 42.5 Å². The monoisotopic (exact) mass is 373 g/mol. The maximum absolute atomic E-state index is 12.5. The predicted molar refractivity (Wildman–Crippen MR) is 96.7 cm³/mol. The van der Waals surface area contributed by atoms with Gasteiger partial charge in [0.15, 0.2) is 0 Å². The van der Waals surface area contributed by atoms with Gasteiger partial charge in [0.2, 0.25) is 0 Å². The van der Waals surface area contributed by atoms with Crippen molar-refractivity contribution in [2.45, 2.75) is 12.5 Å². The second-order valence-corrected chi connectivity index (χ2v) is 6.11. The van der Waals surface area contributed by atoms with Crippen LogP contribution in [-0.4, -0.2) is 40.1 Å². The number of halogens is 1. The van der Waals surface area contributed by atoms with Gasteiger partial charge in [0.25, 0.3) is 11.9 Å². The zero-order valence-electron chi connectivity index (χ0n) is 13.8. The zero-order chi connectivity index (χ0) is 18.7. The fraction of sp³-hybridized carbons (Fsp3) is 0.167. The highest BCUT2D eigenvalue weighted by atomic mass is 35.5. The van der Waals surface area contributed by atoms with Gasteiger partial charge in [-0.3, -0.25) is 4.79 Å². The number of imidazole rings is 1. The first-order valence-electron chi connectivity index (χ1n) is 7.78. The summed E-state index contributed by atoms with van der Waals surface area (Å²) in [6, 6.07) is 10.9. The van der Waals surface area contributed by atoms with Crippen LogP contribution in [-0.2, 0) is 11.2 Å². The van der Waals surface area contributed by atoms with Crippen molar-refractivity contribution in [3.8, 4) is 6.01 Å². The van der Waals surface area contributed by atoms with Crippen LogP contribution >= 0.6 is 11.6 Å². The molecule has 1 aromatic heterocycles. The van der Waals surface area contributed by atoms with Crippen molar-refractivity contribution < 1.29 is 19.4 Å². The lowest BCUT2D eigenvalue weighted by Crippen LogP contribution is -2.42. The number of carboxylic acids is 1. The van der Waals surface area contributed by atoms with Crippen molar-refractivity contribution in [3.63, 3.8) is 0 Å². The summed E-state index contributed by atoms with van der Waals surface area (Å²) in [6.45, 7) is 0. The lowest BCUT2D eigenvalue weighted by molar-refractivity contribution is -0.139. The number of aromatic amines is 1. The van der Waals surface area contributed by atoms with E-state index in [9.17, 15) is 14.7 Å². The van der Waals surface area contributed by atoms with Gasteiger partial charge in [0.1, 0.15) is 6.04 Å². The number of nitrogens with one attached hydrogen (secondary N) is 2. The molecule has 26 heavy (non-hydrogen) atoms. The summed E-state index contributed by atoms with van der Waals surface area (Å²) in [7, 11) is 1.49. The van der Waals surface area contributed by atoms with Crippen LogP contribution in [0.25, 0.3) is 11.0 Å². The Balaban J connectivity index is 1.77. The number of hydrogen-bond donors (Lipinski definition) is 3. The number of carbonyl (C=O) groups is 2. The SMILES string of the molecule is COc1nc2ccc(C(=O)N[C@@H](Cc3ccc(Cl)cc3)C(=O)O)cc2[nH]1. The van der Waals surface area contributed by atoms with Crippen molar-refractivity contribution in [2.75, 3.05) is 7.11 Å². The summed E-state index contributed by atoms with van der Waals surface area (Å²) < 4.78 is 5.02. The number of ether oxygens (including phenoxy) is 1. The quantitative estimate of drug-likeness (QED) is 0.616. The van der Waals surface area contributed by atoms with Crippen molar-refractivity contribution in [1.82, 2.24) is 15.3 Å². The smallest absolute Gasteiger partial charge is 0.326 e. The van der Waals surface area contributed by atoms with Crippen LogP contribution < -0.4 is 10.1 Å². The molecule has 7 nitrogen and oxygen atoms in total. The maximum Gasteiger partial charge on any atom is 0.326 e. The molecule has 0 spiro atoms. The molecule has 0 fully saturated rings. The van der Waals surface area contributed by atoms with E-state index in [1.165, 1.54) is 7.11 Å². The third-order valence-electron chi connectivity index (χ3n) is 3.87. The van der Waals surface area contributed by atoms with Gasteiger partial charge in [0, 0.05) is 17.0 Å². The molecular weight excluding hydrogens is 358 g/mol. The molecule has 0 saturated carbocycles. The molecular formula is C18H16ClN3O4. The van der Waals surface area contributed by atoms with E-state index in [0.29, 0.717) is 27.6 Å². The number of methoxy groups -OCH3 is 1. The van der Waals surface area contributed by atoms with E-state index in [-0.39, 0.29) is 6.42 Å². The highest BCUT2D eigenvalue weighted by molar-refractivity contribution is 6.30. The fourth-order valence-electron chi connectivity index (χ4n) is 2.52. The van der Waals surface area contributed by atoms with Crippen LogP contribution in [0.2, 0.25) is 5.02 Å². The summed E-state index contributed by atoms with van der Waals surface area (Å²) in [5.41, 5.74) is 2.36. The van der Waals surface area contributed by atoms with Gasteiger partial charge in [-0.05, 0) is 35.9 Å². The molecule has 3 N–H and O–H groups in total. The Morgan fingerprint density at radius 3 is 2.65 bits per heavy atom. The molecule has 1 amide bonds. The van der Waals surface area contributed by atoms with Crippen LogP contribution in [0.4, 0.5) is 0 Å². The Labute approximate surface area is 154 Å². The fourth-order valence-corrected chi connectivity index (χ4v) is 2.65. The average molecular weight is 374 g/mol. The van der Waals surface area contributed by atoms with Crippen molar-refractivity contribution >= 4 is 34.5 Å². The van der Waals surface area contributed by atoms with Crippen molar-refractivity contribution in [1.29, 1.82) is 0 Å². The molecule has 8 heteroatoms. The molecule has 0 aliphatic heterocycles. The zero-order valence-corrected chi connectivity index (χ0v) is 14.6. The second kappa shape index (κ2) is 7.45. The largest absolute Gasteiger partial charge is 0.480 e.